The minimum absolute atomic E-state index is 0.0797. The predicted octanol–water partition coefficient (Wildman–Crippen LogP) is 2.14. The summed E-state index contributed by atoms with van der Waals surface area (Å²) in [5, 5.41) is 2.95. The van der Waals surface area contributed by atoms with Crippen molar-refractivity contribution < 1.29 is 9.18 Å². The maximum absolute atomic E-state index is 13.0. The summed E-state index contributed by atoms with van der Waals surface area (Å²) in [6.07, 6.45) is 4.52. The van der Waals surface area contributed by atoms with E-state index in [4.69, 9.17) is 0 Å². The van der Waals surface area contributed by atoms with Crippen molar-refractivity contribution in [3.05, 3.63) is 53.9 Å². The van der Waals surface area contributed by atoms with E-state index in [-0.39, 0.29) is 11.7 Å². The lowest BCUT2D eigenvalue weighted by atomic mass is 10.1. The first-order valence-corrected chi connectivity index (χ1v) is 7.66. The fraction of sp³-hybridized carbons (Fsp3) is 0.412. The van der Waals surface area contributed by atoms with Gasteiger partial charge in [-0.2, -0.15) is 0 Å². The maximum Gasteiger partial charge on any atom is 0.241 e. The van der Waals surface area contributed by atoms with E-state index >= 15 is 0 Å². The van der Waals surface area contributed by atoms with E-state index < -0.39 is 6.04 Å². The van der Waals surface area contributed by atoms with E-state index in [1.165, 1.54) is 12.1 Å². The third-order valence-corrected chi connectivity index (χ3v) is 3.75. The van der Waals surface area contributed by atoms with Gasteiger partial charge in [0.2, 0.25) is 5.91 Å². The molecule has 23 heavy (non-hydrogen) atoms. The Hall–Kier alpha value is -2.21. The number of amides is 1. The molecule has 1 N–H and O–H groups in total. The highest BCUT2D eigenvalue weighted by Gasteiger charge is 2.22. The minimum Gasteiger partial charge on any atom is -0.354 e. The molecule has 1 aromatic carbocycles. The van der Waals surface area contributed by atoms with Crippen molar-refractivity contribution in [2.45, 2.75) is 25.9 Å². The van der Waals surface area contributed by atoms with E-state index in [2.05, 4.69) is 14.9 Å². The molecule has 0 aliphatic carbocycles. The Morgan fingerprint density at radius 1 is 1.35 bits per heavy atom. The molecule has 2 rings (SSSR count). The normalized spacial score (nSPS) is 12.4. The number of aryl methyl sites for hydroxylation is 2. The Kier molecular flexibility index (Phi) is 5.87. The fourth-order valence-electron chi connectivity index (χ4n) is 2.53. The zero-order valence-corrected chi connectivity index (χ0v) is 13.8. The molecule has 1 heterocycles. The Balaban J connectivity index is 1.89. The van der Waals surface area contributed by atoms with Crippen LogP contribution in [0.3, 0.4) is 0 Å². The van der Waals surface area contributed by atoms with Crippen molar-refractivity contribution in [3.63, 3.8) is 0 Å². The van der Waals surface area contributed by atoms with Gasteiger partial charge in [-0.3, -0.25) is 9.69 Å². The number of aromatic nitrogens is 2. The van der Waals surface area contributed by atoms with Crippen LogP contribution in [0.2, 0.25) is 0 Å². The number of nitrogens with one attached hydrogen (secondary N) is 1. The van der Waals surface area contributed by atoms with Gasteiger partial charge in [-0.15, -0.1) is 0 Å². The first-order chi connectivity index (χ1) is 11.0. The van der Waals surface area contributed by atoms with Crippen LogP contribution in [0.1, 0.15) is 23.9 Å². The average Bonchev–Trinajstić information content (AvgIpc) is 2.91. The van der Waals surface area contributed by atoms with Gasteiger partial charge < -0.3 is 9.88 Å². The highest BCUT2D eigenvalue weighted by Crippen LogP contribution is 2.18. The summed E-state index contributed by atoms with van der Waals surface area (Å²) in [5.74, 6) is 0.583. The van der Waals surface area contributed by atoms with Gasteiger partial charge in [-0.1, -0.05) is 12.1 Å². The van der Waals surface area contributed by atoms with Crippen molar-refractivity contribution in [2.24, 2.45) is 0 Å². The number of rotatable bonds is 7. The van der Waals surface area contributed by atoms with Crippen LogP contribution in [0.25, 0.3) is 0 Å². The molecule has 1 amide bonds. The first kappa shape index (κ1) is 17.1. The van der Waals surface area contributed by atoms with Gasteiger partial charge in [0.1, 0.15) is 17.7 Å². The summed E-state index contributed by atoms with van der Waals surface area (Å²) in [4.78, 5) is 18.4. The maximum atomic E-state index is 13.0. The molecule has 0 fully saturated rings. The van der Waals surface area contributed by atoms with Crippen molar-refractivity contribution >= 4 is 5.91 Å². The van der Waals surface area contributed by atoms with Crippen molar-refractivity contribution in [1.82, 2.24) is 19.8 Å². The smallest absolute Gasteiger partial charge is 0.241 e. The van der Waals surface area contributed by atoms with E-state index in [0.29, 0.717) is 6.54 Å². The summed E-state index contributed by atoms with van der Waals surface area (Å²) < 4.78 is 15.1. The number of carbonyl (C=O) groups is 1. The van der Waals surface area contributed by atoms with Crippen LogP contribution < -0.4 is 5.32 Å². The molecule has 0 spiro atoms. The summed E-state index contributed by atoms with van der Waals surface area (Å²) in [6, 6.07) is 5.62. The number of hydrogen-bond donors (Lipinski definition) is 1. The third-order valence-electron chi connectivity index (χ3n) is 3.75. The molecule has 1 aromatic heterocycles. The van der Waals surface area contributed by atoms with Gasteiger partial charge in [-0.25, -0.2) is 9.37 Å². The van der Waals surface area contributed by atoms with Crippen LogP contribution in [-0.4, -0.2) is 41.0 Å². The number of hydrogen-bond acceptors (Lipinski definition) is 3. The molecule has 0 bridgehead atoms. The lowest BCUT2D eigenvalue weighted by molar-refractivity contribution is -0.125. The highest BCUT2D eigenvalue weighted by atomic mass is 19.1. The Morgan fingerprint density at radius 3 is 2.61 bits per heavy atom. The summed E-state index contributed by atoms with van der Waals surface area (Å²) in [6.45, 7) is 3.35. The first-order valence-electron chi connectivity index (χ1n) is 7.66. The molecule has 0 radical (unpaired) electrons. The molecule has 6 heteroatoms. The monoisotopic (exact) mass is 318 g/mol. The number of imidazole rings is 1. The van der Waals surface area contributed by atoms with Crippen LogP contribution in [0.5, 0.6) is 0 Å². The van der Waals surface area contributed by atoms with Crippen LogP contribution in [-0.2, 0) is 11.3 Å². The summed E-state index contributed by atoms with van der Waals surface area (Å²) in [5.41, 5.74) is 0.777. The van der Waals surface area contributed by atoms with Gasteiger partial charge in [0.05, 0.1) is 0 Å². The average molecular weight is 318 g/mol. The van der Waals surface area contributed by atoms with Gasteiger partial charge >= 0.3 is 0 Å². The molecule has 0 aliphatic rings. The van der Waals surface area contributed by atoms with E-state index in [9.17, 15) is 9.18 Å². The second-order valence-electron chi connectivity index (χ2n) is 5.73. The molecule has 0 saturated carbocycles. The molecular formula is C17H23FN4O. The van der Waals surface area contributed by atoms with Crippen LogP contribution in [0.4, 0.5) is 4.39 Å². The Morgan fingerprint density at radius 2 is 2.04 bits per heavy atom. The summed E-state index contributed by atoms with van der Waals surface area (Å²) >= 11 is 0. The molecular weight excluding hydrogens is 295 g/mol. The second-order valence-corrected chi connectivity index (χ2v) is 5.73. The van der Waals surface area contributed by atoms with Gasteiger partial charge in [0.25, 0.3) is 0 Å². The van der Waals surface area contributed by atoms with E-state index in [1.807, 2.05) is 32.1 Å². The van der Waals surface area contributed by atoms with Crippen molar-refractivity contribution in [1.29, 1.82) is 0 Å². The number of halogens is 1. The largest absolute Gasteiger partial charge is 0.354 e. The highest BCUT2D eigenvalue weighted by molar-refractivity contribution is 5.83. The SMILES string of the molecule is Cc1nccn1CCCNC(=O)[C@@H](c1ccc(F)cc1)N(C)C. The lowest BCUT2D eigenvalue weighted by Gasteiger charge is -2.24. The quantitative estimate of drug-likeness (QED) is 0.796. The number of benzene rings is 1. The zero-order valence-electron chi connectivity index (χ0n) is 13.8. The van der Waals surface area contributed by atoms with Crippen LogP contribution >= 0.6 is 0 Å². The van der Waals surface area contributed by atoms with E-state index in [1.54, 1.807) is 18.3 Å². The standard InChI is InChI=1S/C17H23FN4O/c1-13-19-10-12-22(13)11-4-9-20-17(23)16(21(2)3)14-5-7-15(18)8-6-14/h5-8,10,12,16H,4,9,11H2,1-3H3,(H,20,23)/t16-/m1/s1. The van der Waals surface area contributed by atoms with Crippen LogP contribution in [0, 0.1) is 12.7 Å². The summed E-state index contributed by atoms with van der Waals surface area (Å²) in [7, 11) is 3.67. The predicted molar refractivity (Wildman–Crippen MR) is 87.4 cm³/mol. The number of likely N-dealkylation sites (N-methyl/N-ethyl adjacent to an activating group) is 1. The third kappa shape index (κ3) is 4.63. The molecule has 0 saturated heterocycles. The number of nitrogens with zero attached hydrogens (tertiary/aromatic N) is 3. The topological polar surface area (TPSA) is 50.2 Å². The van der Waals surface area contributed by atoms with Gasteiger partial charge in [-0.05, 0) is 45.1 Å². The van der Waals surface area contributed by atoms with Crippen molar-refractivity contribution in [2.75, 3.05) is 20.6 Å². The molecule has 124 valence electrons. The van der Waals surface area contributed by atoms with Crippen LogP contribution in [0.15, 0.2) is 36.7 Å². The van der Waals surface area contributed by atoms with Gasteiger partial charge in [0.15, 0.2) is 0 Å². The fourth-order valence-corrected chi connectivity index (χ4v) is 2.53. The molecule has 0 aliphatic heterocycles. The molecule has 5 nitrogen and oxygen atoms in total. The Bertz CT molecular complexity index is 636. The molecule has 2 aromatic rings. The number of carbonyl (C=O) groups excluding carboxylic acids is 1. The lowest BCUT2D eigenvalue weighted by Crippen LogP contribution is -2.37. The molecule has 1 atom stereocenters. The zero-order chi connectivity index (χ0) is 16.8. The minimum atomic E-state index is -0.425. The van der Waals surface area contributed by atoms with E-state index in [0.717, 1.165) is 24.4 Å². The van der Waals surface area contributed by atoms with Crippen molar-refractivity contribution in [3.8, 4) is 0 Å². The second kappa shape index (κ2) is 7.87. The Labute approximate surface area is 136 Å². The molecule has 0 unspecified atom stereocenters. The van der Waals surface area contributed by atoms with Gasteiger partial charge in [0, 0.05) is 25.5 Å².